The van der Waals surface area contributed by atoms with Gasteiger partial charge in [-0.3, -0.25) is 24.3 Å². The monoisotopic (exact) mass is 776 g/mol. The number of urea groups is 1. The molecule has 1 aromatic heterocycles. The number of esters is 1. The molecule has 0 bridgehead atoms. The number of nitro benzene ring substituents is 1. The van der Waals surface area contributed by atoms with Gasteiger partial charge in [0.05, 0.1) is 17.5 Å². The fraction of sp³-hybridized carbons (Fsp3) is 0.537. The van der Waals surface area contributed by atoms with Gasteiger partial charge in [0.1, 0.15) is 24.7 Å². The number of benzene rings is 2. The van der Waals surface area contributed by atoms with Crippen molar-refractivity contribution in [1.29, 1.82) is 0 Å². The van der Waals surface area contributed by atoms with Gasteiger partial charge in [-0.15, -0.1) is 0 Å². The number of non-ortho nitro benzene ring substituents is 1. The Hall–Kier alpha value is -5.47. The molecule has 15 nitrogen and oxygen atoms in total. The Kier molecular flexibility index (Phi) is 15.0. The van der Waals surface area contributed by atoms with Crippen LogP contribution in [-0.4, -0.2) is 81.6 Å². The minimum absolute atomic E-state index is 0.0111. The van der Waals surface area contributed by atoms with E-state index in [-0.39, 0.29) is 49.7 Å². The van der Waals surface area contributed by atoms with Crippen LogP contribution in [0.15, 0.2) is 54.7 Å². The number of likely N-dealkylation sites (tertiary alicyclic amines) is 1. The minimum atomic E-state index is -1.25. The highest BCUT2D eigenvalue weighted by Gasteiger charge is 2.36. The number of fused-ring (bicyclic) bond motifs is 1. The Balaban J connectivity index is 1.64. The Morgan fingerprint density at radius 1 is 0.911 bits per heavy atom. The SMILES string of the molecule is CCCC[C@@H](NC(=O)[C@@H](Cc1cn(C(=O)OC)c2ccccc12)NC(=O)[C@H](CC(C)(C)C)NC(=O)N1[C@H](C)CCC[C@@H]1C)C(=O)OCc1ccc([N+](=O)[O-])cc1. The van der Waals surface area contributed by atoms with Gasteiger partial charge in [0.2, 0.25) is 11.8 Å². The molecule has 1 aliphatic rings. The third kappa shape index (κ3) is 11.5. The second-order valence-corrected chi connectivity index (χ2v) is 15.8. The summed E-state index contributed by atoms with van der Waals surface area (Å²) in [6.45, 7) is 11.6. The lowest BCUT2D eigenvalue weighted by atomic mass is 9.87. The van der Waals surface area contributed by atoms with Crippen LogP contribution in [-0.2, 0) is 36.9 Å². The zero-order valence-corrected chi connectivity index (χ0v) is 33.5. The second-order valence-electron chi connectivity index (χ2n) is 15.8. The molecule has 4 amide bonds. The molecule has 3 N–H and O–H groups in total. The van der Waals surface area contributed by atoms with Crippen molar-refractivity contribution in [2.45, 2.75) is 130 Å². The molecule has 0 aliphatic carbocycles. The van der Waals surface area contributed by atoms with Gasteiger partial charge in [0.15, 0.2) is 0 Å². The predicted molar refractivity (Wildman–Crippen MR) is 211 cm³/mol. The average Bonchev–Trinajstić information content (AvgIpc) is 3.52. The molecule has 0 saturated carbocycles. The Morgan fingerprint density at radius 2 is 1.54 bits per heavy atom. The van der Waals surface area contributed by atoms with E-state index in [1.807, 2.05) is 41.5 Å². The number of ether oxygens (including phenoxy) is 2. The van der Waals surface area contributed by atoms with Crippen LogP contribution in [0.25, 0.3) is 10.9 Å². The minimum Gasteiger partial charge on any atom is -0.459 e. The van der Waals surface area contributed by atoms with Crippen molar-refractivity contribution in [2.75, 3.05) is 7.11 Å². The average molecular weight is 777 g/mol. The highest BCUT2D eigenvalue weighted by molar-refractivity contribution is 5.95. The molecular formula is C41H56N6O9. The van der Waals surface area contributed by atoms with Gasteiger partial charge in [-0.25, -0.2) is 14.4 Å². The van der Waals surface area contributed by atoms with Crippen LogP contribution < -0.4 is 16.0 Å². The lowest BCUT2D eigenvalue weighted by Gasteiger charge is -2.40. The van der Waals surface area contributed by atoms with Gasteiger partial charge in [-0.2, -0.15) is 0 Å². The molecule has 1 aliphatic heterocycles. The number of nitrogens with zero attached hydrogens (tertiary/aromatic N) is 3. The zero-order chi connectivity index (χ0) is 41.2. The summed E-state index contributed by atoms with van der Waals surface area (Å²) < 4.78 is 11.9. The highest BCUT2D eigenvalue weighted by atomic mass is 16.6. The van der Waals surface area contributed by atoms with E-state index in [2.05, 4.69) is 16.0 Å². The van der Waals surface area contributed by atoms with E-state index in [0.717, 1.165) is 25.7 Å². The first kappa shape index (κ1) is 43.3. The number of hydrogen-bond acceptors (Lipinski definition) is 9. The number of para-hydroxylation sites is 1. The number of nitro groups is 1. The predicted octanol–water partition coefficient (Wildman–Crippen LogP) is 6.39. The first-order valence-corrected chi connectivity index (χ1v) is 19.3. The third-order valence-corrected chi connectivity index (χ3v) is 10.1. The van der Waals surface area contributed by atoms with E-state index in [1.165, 1.54) is 35.9 Å². The topological polar surface area (TPSA) is 191 Å². The molecule has 0 unspecified atom stereocenters. The summed E-state index contributed by atoms with van der Waals surface area (Å²) in [5.41, 5.74) is 1.13. The molecule has 15 heteroatoms. The normalized spacial score (nSPS) is 17.3. The van der Waals surface area contributed by atoms with Crippen LogP contribution in [0.2, 0.25) is 0 Å². The third-order valence-electron chi connectivity index (χ3n) is 10.1. The number of amides is 4. The van der Waals surface area contributed by atoms with Crippen LogP contribution in [0.4, 0.5) is 15.3 Å². The lowest BCUT2D eigenvalue weighted by molar-refractivity contribution is -0.384. The fourth-order valence-corrected chi connectivity index (χ4v) is 7.13. The highest BCUT2D eigenvalue weighted by Crippen LogP contribution is 2.26. The molecule has 4 rings (SSSR count). The summed E-state index contributed by atoms with van der Waals surface area (Å²) in [6.07, 6.45) is 5.37. The second kappa shape index (κ2) is 19.4. The van der Waals surface area contributed by atoms with Gasteiger partial charge in [-0.1, -0.05) is 58.7 Å². The molecule has 1 fully saturated rings. The summed E-state index contributed by atoms with van der Waals surface area (Å²) in [7, 11) is 1.26. The van der Waals surface area contributed by atoms with Crippen LogP contribution in [0.1, 0.15) is 97.6 Å². The van der Waals surface area contributed by atoms with E-state index in [4.69, 9.17) is 9.47 Å². The van der Waals surface area contributed by atoms with Crippen molar-refractivity contribution in [3.8, 4) is 0 Å². The number of hydrogen-bond donors (Lipinski definition) is 3. The largest absolute Gasteiger partial charge is 0.459 e. The molecule has 5 atom stereocenters. The van der Waals surface area contributed by atoms with Crippen LogP contribution in [0.3, 0.4) is 0 Å². The van der Waals surface area contributed by atoms with Crippen molar-refractivity contribution < 1.29 is 38.4 Å². The summed E-state index contributed by atoms with van der Waals surface area (Å²) in [4.78, 5) is 80.9. The molecule has 56 heavy (non-hydrogen) atoms. The molecular weight excluding hydrogens is 720 g/mol. The summed E-state index contributed by atoms with van der Waals surface area (Å²) in [5, 5.41) is 20.4. The van der Waals surface area contributed by atoms with Crippen molar-refractivity contribution in [2.24, 2.45) is 5.41 Å². The molecule has 0 radical (unpaired) electrons. The number of methoxy groups -OCH3 is 1. The smallest absolute Gasteiger partial charge is 0.418 e. The Labute approximate surface area is 328 Å². The quantitative estimate of drug-likeness (QED) is 0.0892. The maximum Gasteiger partial charge on any atom is 0.418 e. The molecule has 2 aromatic carbocycles. The number of carbonyl (C=O) groups is 5. The number of unbranched alkanes of at least 4 members (excludes halogenated alkanes) is 1. The van der Waals surface area contributed by atoms with Crippen LogP contribution in [0, 0.1) is 15.5 Å². The Bertz CT molecular complexity index is 1860. The van der Waals surface area contributed by atoms with Crippen LogP contribution >= 0.6 is 0 Å². The maximum atomic E-state index is 14.3. The van der Waals surface area contributed by atoms with E-state index in [9.17, 15) is 34.1 Å². The molecule has 3 aromatic rings. The van der Waals surface area contributed by atoms with Crippen molar-refractivity contribution in [3.05, 3.63) is 76.0 Å². The number of piperidine rings is 1. The number of aromatic nitrogens is 1. The first-order chi connectivity index (χ1) is 26.5. The molecule has 0 spiro atoms. The Morgan fingerprint density at radius 3 is 2.14 bits per heavy atom. The number of carbonyl (C=O) groups excluding carboxylic acids is 5. The van der Waals surface area contributed by atoms with E-state index in [0.29, 0.717) is 28.5 Å². The van der Waals surface area contributed by atoms with Crippen molar-refractivity contribution in [3.63, 3.8) is 0 Å². The summed E-state index contributed by atoms with van der Waals surface area (Å²) in [6, 6.07) is 8.98. The zero-order valence-electron chi connectivity index (χ0n) is 33.5. The summed E-state index contributed by atoms with van der Waals surface area (Å²) >= 11 is 0. The summed E-state index contributed by atoms with van der Waals surface area (Å²) in [5.74, 6) is -1.95. The van der Waals surface area contributed by atoms with Gasteiger partial charge < -0.3 is 30.3 Å². The fourth-order valence-electron chi connectivity index (χ4n) is 7.13. The van der Waals surface area contributed by atoms with Gasteiger partial charge in [0.25, 0.3) is 5.69 Å². The number of rotatable bonds is 15. The van der Waals surface area contributed by atoms with Gasteiger partial charge >= 0.3 is 18.1 Å². The van der Waals surface area contributed by atoms with Gasteiger partial charge in [0, 0.05) is 42.2 Å². The van der Waals surface area contributed by atoms with Crippen LogP contribution in [0.5, 0.6) is 0 Å². The first-order valence-electron chi connectivity index (χ1n) is 19.3. The van der Waals surface area contributed by atoms with Crippen molar-refractivity contribution in [1.82, 2.24) is 25.4 Å². The van der Waals surface area contributed by atoms with E-state index < -0.39 is 52.3 Å². The standard InChI is InChI=1S/C41H56N6O9/c1-8-9-16-32(38(50)56-25-28-18-20-30(21-19-28)47(53)54)42-36(48)33(22-29-24-45(40(52)55-7)35-17-11-10-15-31(29)35)43-37(49)34(23-41(4,5)6)44-39(51)46-26(2)13-12-14-27(46)3/h10-11,15,17-21,24,26-27,32-34H,8-9,12-14,16,22-23,25H2,1-7H3,(H,42,48)(H,43,49)(H,44,51)/t26-,27+,32-,33-,34+/m1/s1. The maximum absolute atomic E-state index is 14.3. The van der Waals surface area contributed by atoms with E-state index in [1.54, 1.807) is 35.4 Å². The lowest BCUT2D eigenvalue weighted by Crippen LogP contribution is -2.60. The molecule has 1 saturated heterocycles. The molecule has 2 heterocycles. The molecule has 304 valence electrons. The number of nitrogens with one attached hydrogen (secondary N) is 3. The van der Waals surface area contributed by atoms with Crippen molar-refractivity contribution >= 4 is 46.5 Å². The van der Waals surface area contributed by atoms with E-state index >= 15 is 0 Å². The van der Waals surface area contributed by atoms with Gasteiger partial charge in [-0.05, 0) is 80.7 Å².